The van der Waals surface area contributed by atoms with Crippen molar-refractivity contribution in [2.24, 2.45) is 20.0 Å². The quantitative estimate of drug-likeness (QED) is 0.482. The van der Waals surface area contributed by atoms with E-state index in [1.165, 1.54) is 0 Å². The molecule has 2 heterocycles. The van der Waals surface area contributed by atoms with Crippen molar-refractivity contribution in [3.05, 3.63) is 0 Å². The highest BCUT2D eigenvalue weighted by Crippen LogP contribution is 2.05. The SMILES string of the molecule is C1=NC=NC1C1C=NC=N1. The lowest BCUT2D eigenvalue weighted by Gasteiger charge is -2.03. The summed E-state index contributed by atoms with van der Waals surface area (Å²) < 4.78 is 0. The van der Waals surface area contributed by atoms with Gasteiger partial charge in [-0.1, -0.05) is 0 Å². The van der Waals surface area contributed by atoms with Gasteiger partial charge in [-0.05, 0) is 0 Å². The first kappa shape index (κ1) is 5.46. The first-order valence-electron chi connectivity index (χ1n) is 3.07. The molecule has 0 bridgehead atoms. The van der Waals surface area contributed by atoms with Gasteiger partial charge in [-0.2, -0.15) is 0 Å². The number of rotatable bonds is 1. The maximum absolute atomic E-state index is 4.07. The maximum atomic E-state index is 4.07. The minimum absolute atomic E-state index is 0.0856. The molecular weight excluding hydrogens is 128 g/mol. The van der Waals surface area contributed by atoms with Crippen molar-refractivity contribution in [3.63, 3.8) is 0 Å². The van der Waals surface area contributed by atoms with Crippen molar-refractivity contribution in [1.82, 2.24) is 0 Å². The lowest BCUT2D eigenvalue weighted by Crippen LogP contribution is -2.21. The Morgan fingerprint density at radius 2 is 1.30 bits per heavy atom. The van der Waals surface area contributed by atoms with Crippen LogP contribution in [0.4, 0.5) is 0 Å². The molecule has 0 N–H and O–H groups in total. The van der Waals surface area contributed by atoms with Gasteiger partial charge in [0.15, 0.2) is 0 Å². The fraction of sp³-hybridized carbons (Fsp3) is 0.333. The van der Waals surface area contributed by atoms with Crippen LogP contribution in [0.1, 0.15) is 0 Å². The molecule has 50 valence electrons. The van der Waals surface area contributed by atoms with Crippen LogP contribution in [-0.4, -0.2) is 37.2 Å². The van der Waals surface area contributed by atoms with Crippen molar-refractivity contribution in [1.29, 1.82) is 0 Å². The second-order valence-electron chi connectivity index (χ2n) is 2.11. The first-order chi connectivity index (χ1) is 4.97. The van der Waals surface area contributed by atoms with Crippen LogP contribution in [0.2, 0.25) is 0 Å². The van der Waals surface area contributed by atoms with Crippen molar-refractivity contribution < 1.29 is 0 Å². The standard InChI is InChI=1S/C6H6N4/c1-5(9-3-7-1)6-2-8-4-10-6/h1-6H. The van der Waals surface area contributed by atoms with Crippen molar-refractivity contribution >= 4 is 25.1 Å². The predicted molar refractivity (Wildman–Crippen MR) is 41.5 cm³/mol. The van der Waals surface area contributed by atoms with E-state index in [-0.39, 0.29) is 12.1 Å². The molecule has 2 atom stereocenters. The zero-order valence-corrected chi connectivity index (χ0v) is 5.25. The van der Waals surface area contributed by atoms with Crippen molar-refractivity contribution in [2.45, 2.75) is 12.1 Å². The highest BCUT2D eigenvalue weighted by atomic mass is 15.0. The summed E-state index contributed by atoms with van der Waals surface area (Å²) in [7, 11) is 0. The lowest BCUT2D eigenvalue weighted by atomic mass is 10.2. The van der Waals surface area contributed by atoms with Crippen LogP contribution in [0.25, 0.3) is 0 Å². The highest BCUT2D eigenvalue weighted by Gasteiger charge is 2.18. The Morgan fingerprint density at radius 3 is 1.60 bits per heavy atom. The summed E-state index contributed by atoms with van der Waals surface area (Å²) in [5.74, 6) is 0. The van der Waals surface area contributed by atoms with Crippen LogP contribution in [-0.2, 0) is 0 Å². The second-order valence-corrected chi connectivity index (χ2v) is 2.11. The normalized spacial score (nSPS) is 34.4. The summed E-state index contributed by atoms with van der Waals surface area (Å²) in [6.45, 7) is 0. The Hall–Kier alpha value is -1.32. The molecule has 0 radical (unpaired) electrons. The zero-order chi connectivity index (χ0) is 6.81. The Balaban J connectivity index is 2.12. The van der Waals surface area contributed by atoms with E-state index in [4.69, 9.17) is 0 Å². The topological polar surface area (TPSA) is 49.4 Å². The van der Waals surface area contributed by atoms with Crippen molar-refractivity contribution in [2.75, 3.05) is 0 Å². The Bertz CT molecular complexity index is 188. The Kier molecular flexibility index (Phi) is 1.16. The number of hydrogen-bond acceptors (Lipinski definition) is 4. The lowest BCUT2D eigenvalue weighted by molar-refractivity contribution is 0.820. The van der Waals surface area contributed by atoms with Crippen molar-refractivity contribution in [3.8, 4) is 0 Å². The molecule has 2 aliphatic rings. The van der Waals surface area contributed by atoms with E-state index < -0.39 is 0 Å². The van der Waals surface area contributed by atoms with Gasteiger partial charge in [-0.3, -0.25) is 9.98 Å². The molecule has 0 saturated carbocycles. The maximum Gasteiger partial charge on any atom is 0.114 e. The van der Waals surface area contributed by atoms with E-state index in [9.17, 15) is 0 Å². The average Bonchev–Trinajstić information content (AvgIpc) is 2.59. The molecule has 0 aromatic heterocycles. The minimum atomic E-state index is 0.0856. The molecule has 4 heteroatoms. The summed E-state index contributed by atoms with van der Waals surface area (Å²) in [4.78, 5) is 15.8. The molecule has 0 spiro atoms. The van der Waals surface area contributed by atoms with E-state index in [0.717, 1.165) is 0 Å². The van der Waals surface area contributed by atoms with E-state index in [1.54, 1.807) is 25.1 Å². The van der Waals surface area contributed by atoms with E-state index in [0.29, 0.717) is 0 Å². The van der Waals surface area contributed by atoms with Crippen LogP contribution >= 0.6 is 0 Å². The summed E-state index contributed by atoms with van der Waals surface area (Å²) in [6.07, 6.45) is 6.65. The van der Waals surface area contributed by atoms with Gasteiger partial charge in [-0.25, -0.2) is 9.98 Å². The first-order valence-corrected chi connectivity index (χ1v) is 3.07. The third kappa shape index (κ3) is 0.775. The molecule has 10 heavy (non-hydrogen) atoms. The Morgan fingerprint density at radius 1 is 0.800 bits per heavy atom. The van der Waals surface area contributed by atoms with Crippen LogP contribution in [0.15, 0.2) is 20.0 Å². The van der Waals surface area contributed by atoms with Gasteiger partial charge >= 0.3 is 0 Å². The van der Waals surface area contributed by atoms with Crippen LogP contribution in [0.3, 0.4) is 0 Å². The van der Waals surface area contributed by atoms with Gasteiger partial charge in [0.25, 0.3) is 0 Å². The molecule has 0 aliphatic carbocycles. The third-order valence-corrected chi connectivity index (χ3v) is 1.44. The third-order valence-electron chi connectivity index (χ3n) is 1.44. The summed E-state index contributed by atoms with van der Waals surface area (Å²) in [5.41, 5.74) is 0. The van der Waals surface area contributed by atoms with E-state index in [1.807, 2.05) is 0 Å². The summed E-state index contributed by atoms with van der Waals surface area (Å²) in [5, 5.41) is 0. The molecule has 0 saturated heterocycles. The van der Waals surface area contributed by atoms with E-state index in [2.05, 4.69) is 20.0 Å². The van der Waals surface area contributed by atoms with Gasteiger partial charge in [0.05, 0.1) is 0 Å². The summed E-state index contributed by atoms with van der Waals surface area (Å²) >= 11 is 0. The molecule has 2 rings (SSSR count). The number of nitrogens with zero attached hydrogens (tertiary/aromatic N) is 4. The van der Waals surface area contributed by atoms with Crippen LogP contribution in [0.5, 0.6) is 0 Å². The fourth-order valence-corrected chi connectivity index (χ4v) is 0.914. The Labute approximate surface area is 58.1 Å². The molecule has 0 fully saturated rings. The van der Waals surface area contributed by atoms with Gasteiger partial charge < -0.3 is 0 Å². The molecule has 0 amide bonds. The fourth-order valence-electron chi connectivity index (χ4n) is 0.914. The van der Waals surface area contributed by atoms with Crippen LogP contribution < -0.4 is 0 Å². The predicted octanol–water partition coefficient (Wildman–Crippen LogP) is -0.0510. The molecule has 0 aromatic carbocycles. The molecule has 4 nitrogen and oxygen atoms in total. The van der Waals surface area contributed by atoms with Crippen LogP contribution in [0, 0.1) is 0 Å². The minimum Gasteiger partial charge on any atom is -0.262 e. The number of hydrogen-bond donors (Lipinski definition) is 0. The molecule has 2 aliphatic heterocycles. The highest BCUT2D eigenvalue weighted by molar-refractivity contribution is 5.91. The van der Waals surface area contributed by atoms with Gasteiger partial charge in [0.2, 0.25) is 0 Å². The molecular formula is C6H6N4. The largest absolute Gasteiger partial charge is 0.262 e. The van der Waals surface area contributed by atoms with Gasteiger partial charge in [0.1, 0.15) is 24.8 Å². The average molecular weight is 134 g/mol. The monoisotopic (exact) mass is 134 g/mol. The molecule has 2 unspecified atom stereocenters. The van der Waals surface area contributed by atoms with Gasteiger partial charge in [0, 0.05) is 12.4 Å². The van der Waals surface area contributed by atoms with Gasteiger partial charge in [-0.15, -0.1) is 0 Å². The molecule has 0 aromatic rings. The zero-order valence-electron chi connectivity index (χ0n) is 5.25. The smallest absolute Gasteiger partial charge is 0.114 e. The second kappa shape index (κ2) is 2.13. The summed E-state index contributed by atoms with van der Waals surface area (Å²) in [6, 6.07) is 0.171. The van der Waals surface area contributed by atoms with E-state index >= 15 is 0 Å². The number of aliphatic imine (C=N–C) groups is 4.